The molecule has 0 atom stereocenters. The highest BCUT2D eigenvalue weighted by molar-refractivity contribution is 5.64. The van der Waals surface area contributed by atoms with Crippen LogP contribution in [0.25, 0.3) is 0 Å². The minimum atomic E-state index is 0.351. The lowest BCUT2D eigenvalue weighted by Crippen LogP contribution is -2.51. The maximum atomic E-state index is 9.11. The van der Waals surface area contributed by atoms with Crippen molar-refractivity contribution in [3.05, 3.63) is 5.56 Å². The summed E-state index contributed by atoms with van der Waals surface area (Å²) in [7, 11) is 0. The van der Waals surface area contributed by atoms with Crippen molar-refractivity contribution >= 4 is 11.6 Å². The van der Waals surface area contributed by atoms with E-state index < -0.39 is 0 Å². The summed E-state index contributed by atoms with van der Waals surface area (Å²) in [4.78, 5) is 0. The minimum absolute atomic E-state index is 0.351. The summed E-state index contributed by atoms with van der Waals surface area (Å²) >= 11 is 0. The van der Waals surface area contributed by atoms with Crippen LogP contribution in [0.3, 0.4) is 0 Å². The minimum Gasteiger partial charge on any atom is -0.383 e. The van der Waals surface area contributed by atoms with Crippen molar-refractivity contribution in [2.45, 2.75) is 26.4 Å². The Morgan fingerprint density at radius 3 is 2.82 bits per heavy atom. The van der Waals surface area contributed by atoms with Gasteiger partial charge in [-0.15, -0.1) is 0 Å². The quantitative estimate of drug-likeness (QED) is 0.700. The van der Waals surface area contributed by atoms with E-state index in [-0.39, 0.29) is 0 Å². The van der Waals surface area contributed by atoms with Crippen molar-refractivity contribution in [1.29, 1.82) is 5.26 Å². The van der Waals surface area contributed by atoms with Crippen LogP contribution < -0.4 is 16.4 Å². The summed E-state index contributed by atoms with van der Waals surface area (Å²) in [5.41, 5.74) is 6.38. The lowest BCUT2D eigenvalue weighted by atomic mass is 10.2. The average Bonchev–Trinajstić information content (AvgIpc) is 2.48. The van der Waals surface area contributed by atoms with Gasteiger partial charge in [0.15, 0.2) is 5.82 Å². The number of aromatic nitrogens is 2. The van der Waals surface area contributed by atoms with Gasteiger partial charge in [-0.05, 0) is 5.92 Å². The van der Waals surface area contributed by atoms with Gasteiger partial charge < -0.3 is 16.4 Å². The Bertz CT molecular complexity index is 438. The van der Waals surface area contributed by atoms with E-state index in [1.807, 2.05) is 0 Å². The van der Waals surface area contributed by atoms with Crippen LogP contribution in [0.15, 0.2) is 0 Å². The first-order valence-corrected chi connectivity index (χ1v) is 5.85. The molecule has 2 rings (SSSR count). The summed E-state index contributed by atoms with van der Waals surface area (Å²) in [6.07, 6.45) is 0. The predicted molar refractivity (Wildman–Crippen MR) is 66.5 cm³/mol. The van der Waals surface area contributed by atoms with Crippen molar-refractivity contribution < 1.29 is 0 Å². The third-order valence-electron chi connectivity index (χ3n) is 2.76. The van der Waals surface area contributed by atoms with Crippen molar-refractivity contribution in [2.24, 2.45) is 5.92 Å². The van der Waals surface area contributed by atoms with E-state index in [2.05, 4.69) is 35.6 Å². The number of anilines is 2. The molecule has 0 bridgehead atoms. The molecule has 1 aromatic rings. The molecule has 4 N–H and O–H groups in total. The van der Waals surface area contributed by atoms with Crippen LogP contribution in [0.2, 0.25) is 0 Å². The molecular formula is C11H18N6. The Hall–Kier alpha value is -1.74. The molecule has 0 unspecified atom stereocenters. The van der Waals surface area contributed by atoms with E-state index >= 15 is 0 Å². The third kappa shape index (κ3) is 2.34. The van der Waals surface area contributed by atoms with Crippen LogP contribution in [0.5, 0.6) is 0 Å². The summed E-state index contributed by atoms with van der Waals surface area (Å²) in [5.74, 6) is 1.51. The number of nitrogen functional groups attached to an aromatic ring is 1. The number of rotatable bonds is 4. The Labute approximate surface area is 101 Å². The van der Waals surface area contributed by atoms with Crippen molar-refractivity contribution in [3.8, 4) is 6.07 Å². The molecule has 1 aromatic heterocycles. The molecule has 0 saturated carbocycles. The summed E-state index contributed by atoms with van der Waals surface area (Å²) in [6.45, 7) is 6.72. The molecule has 0 radical (unpaired) electrons. The van der Waals surface area contributed by atoms with E-state index in [0.29, 0.717) is 29.2 Å². The molecule has 0 spiro atoms. The van der Waals surface area contributed by atoms with Crippen molar-refractivity contribution in [2.75, 3.05) is 24.1 Å². The van der Waals surface area contributed by atoms with E-state index in [4.69, 9.17) is 11.0 Å². The van der Waals surface area contributed by atoms with E-state index in [1.54, 1.807) is 4.68 Å². The molecule has 0 aliphatic carbocycles. The molecule has 1 saturated heterocycles. The molecule has 6 nitrogen and oxygen atoms in total. The molecule has 2 heterocycles. The van der Waals surface area contributed by atoms with Gasteiger partial charge in [0.1, 0.15) is 17.5 Å². The van der Waals surface area contributed by atoms with Gasteiger partial charge in [0.05, 0.1) is 6.04 Å². The van der Waals surface area contributed by atoms with Crippen LogP contribution in [0.4, 0.5) is 11.6 Å². The highest BCUT2D eigenvalue weighted by Gasteiger charge is 2.22. The zero-order valence-electron chi connectivity index (χ0n) is 10.2. The fourth-order valence-electron chi connectivity index (χ4n) is 1.76. The average molecular weight is 234 g/mol. The van der Waals surface area contributed by atoms with Gasteiger partial charge in [0.2, 0.25) is 0 Å². The van der Waals surface area contributed by atoms with Crippen LogP contribution in [0.1, 0.15) is 19.4 Å². The SMILES string of the molecule is CC(C)Cn1nc(NC2CNC2)c(C#N)c1N. The highest BCUT2D eigenvalue weighted by atomic mass is 15.4. The maximum absolute atomic E-state index is 9.11. The van der Waals surface area contributed by atoms with Gasteiger partial charge in [0, 0.05) is 19.6 Å². The Morgan fingerprint density at radius 1 is 1.65 bits per heavy atom. The second-order valence-corrected chi connectivity index (χ2v) is 4.80. The zero-order chi connectivity index (χ0) is 12.4. The number of hydrogen-bond acceptors (Lipinski definition) is 5. The molecule has 92 valence electrons. The lowest BCUT2D eigenvalue weighted by molar-refractivity contribution is 0.465. The third-order valence-corrected chi connectivity index (χ3v) is 2.76. The Balaban J connectivity index is 2.21. The standard InChI is InChI=1S/C11H18N6/c1-7(2)6-17-10(13)9(3-12)11(16-17)15-8-4-14-5-8/h7-8,14H,4-6,13H2,1-2H3,(H,15,16). The first kappa shape index (κ1) is 11.7. The number of nitrogens with two attached hydrogens (primary N) is 1. The largest absolute Gasteiger partial charge is 0.383 e. The number of nitrogens with zero attached hydrogens (tertiary/aromatic N) is 3. The number of nitriles is 1. The van der Waals surface area contributed by atoms with Crippen molar-refractivity contribution in [3.63, 3.8) is 0 Å². The van der Waals surface area contributed by atoms with E-state index in [9.17, 15) is 0 Å². The summed E-state index contributed by atoms with van der Waals surface area (Å²) in [5, 5.41) is 19.9. The molecule has 1 fully saturated rings. The topological polar surface area (TPSA) is 91.7 Å². The van der Waals surface area contributed by atoms with E-state index in [1.165, 1.54) is 0 Å². The van der Waals surface area contributed by atoms with Gasteiger partial charge in [-0.3, -0.25) is 0 Å². The van der Waals surface area contributed by atoms with Crippen LogP contribution in [-0.2, 0) is 6.54 Å². The Kier molecular flexibility index (Phi) is 3.20. The Morgan fingerprint density at radius 2 is 2.35 bits per heavy atom. The summed E-state index contributed by atoms with van der Waals surface area (Å²) in [6, 6.07) is 2.47. The monoisotopic (exact) mass is 234 g/mol. The highest BCUT2D eigenvalue weighted by Crippen LogP contribution is 2.22. The molecular weight excluding hydrogens is 216 g/mol. The smallest absolute Gasteiger partial charge is 0.168 e. The first-order valence-electron chi connectivity index (χ1n) is 5.85. The number of nitrogens with one attached hydrogen (secondary N) is 2. The number of hydrogen-bond donors (Lipinski definition) is 3. The van der Waals surface area contributed by atoms with Gasteiger partial charge in [-0.25, -0.2) is 4.68 Å². The molecule has 6 heteroatoms. The second-order valence-electron chi connectivity index (χ2n) is 4.80. The van der Waals surface area contributed by atoms with Gasteiger partial charge >= 0.3 is 0 Å². The predicted octanol–water partition coefficient (Wildman–Crippen LogP) is 0.377. The van der Waals surface area contributed by atoms with Crippen LogP contribution >= 0.6 is 0 Å². The molecule has 0 aromatic carbocycles. The lowest BCUT2D eigenvalue weighted by Gasteiger charge is -2.27. The molecule has 17 heavy (non-hydrogen) atoms. The van der Waals surface area contributed by atoms with Gasteiger partial charge in [-0.2, -0.15) is 10.4 Å². The van der Waals surface area contributed by atoms with Gasteiger partial charge in [-0.1, -0.05) is 13.8 Å². The van der Waals surface area contributed by atoms with E-state index in [0.717, 1.165) is 19.6 Å². The van der Waals surface area contributed by atoms with Gasteiger partial charge in [0.25, 0.3) is 0 Å². The summed E-state index contributed by atoms with van der Waals surface area (Å²) < 4.78 is 1.71. The molecule has 1 aliphatic heterocycles. The molecule has 0 amide bonds. The van der Waals surface area contributed by atoms with Crippen molar-refractivity contribution in [1.82, 2.24) is 15.1 Å². The maximum Gasteiger partial charge on any atom is 0.168 e. The fourth-order valence-corrected chi connectivity index (χ4v) is 1.76. The van der Waals surface area contributed by atoms with Crippen LogP contribution in [-0.4, -0.2) is 28.9 Å². The first-order chi connectivity index (χ1) is 8.11. The second kappa shape index (κ2) is 4.63. The molecule has 1 aliphatic rings. The van der Waals surface area contributed by atoms with Crippen LogP contribution in [0, 0.1) is 17.2 Å². The zero-order valence-corrected chi connectivity index (χ0v) is 10.2. The normalized spacial score (nSPS) is 15.6. The fraction of sp³-hybridized carbons (Fsp3) is 0.636.